The average Bonchev–Trinajstić information content (AvgIpc) is 3.16. The van der Waals surface area contributed by atoms with Gasteiger partial charge in [-0.05, 0) is 49.6 Å². The number of amides is 1. The molecule has 6 nitrogen and oxygen atoms in total. The molecule has 1 aliphatic rings. The molecule has 2 aromatic carbocycles. The second-order valence-electron chi connectivity index (χ2n) is 6.64. The normalized spacial score (nSPS) is 14.4. The van der Waals surface area contributed by atoms with E-state index in [1.54, 1.807) is 19.9 Å². The Balaban J connectivity index is 1.89. The number of hydrogen-bond donors (Lipinski definition) is 2. The predicted molar refractivity (Wildman–Crippen MR) is 108 cm³/mol. The van der Waals surface area contributed by atoms with Crippen LogP contribution in [0.2, 0.25) is 0 Å². The lowest BCUT2D eigenvalue weighted by Gasteiger charge is -2.21. The summed E-state index contributed by atoms with van der Waals surface area (Å²) >= 11 is 0. The van der Waals surface area contributed by atoms with Gasteiger partial charge in [-0.15, -0.1) is 0 Å². The van der Waals surface area contributed by atoms with Crippen LogP contribution in [0.1, 0.15) is 35.7 Å². The third-order valence-corrected chi connectivity index (χ3v) is 6.24. The summed E-state index contributed by atoms with van der Waals surface area (Å²) in [5, 5.41) is 2.96. The molecular weight excluding hydrogens is 362 g/mol. The van der Waals surface area contributed by atoms with Crippen LogP contribution in [0.4, 0.5) is 11.4 Å². The first kappa shape index (κ1) is 19.4. The van der Waals surface area contributed by atoms with Crippen molar-refractivity contribution in [2.45, 2.75) is 31.6 Å². The molecule has 144 valence electrons. The Hall–Kier alpha value is -2.38. The van der Waals surface area contributed by atoms with E-state index in [0.717, 1.165) is 42.9 Å². The molecule has 0 spiro atoms. The Bertz CT molecular complexity index is 935. The highest BCUT2D eigenvalue weighted by atomic mass is 32.2. The highest BCUT2D eigenvalue weighted by Gasteiger charge is 2.20. The lowest BCUT2D eigenvalue weighted by atomic mass is 10.1. The number of hydrogen-bond acceptors (Lipinski definition) is 4. The first-order valence-electron chi connectivity index (χ1n) is 9.18. The number of sulfonamides is 1. The van der Waals surface area contributed by atoms with Gasteiger partial charge in [0.15, 0.2) is 0 Å². The number of para-hydroxylation sites is 2. The number of aryl methyl sites for hydroxylation is 1. The van der Waals surface area contributed by atoms with Gasteiger partial charge in [-0.1, -0.05) is 25.1 Å². The van der Waals surface area contributed by atoms with Gasteiger partial charge in [-0.3, -0.25) is 4.79 Å². The van der Waals surface area contributed by atoms with Crippen molar-refractivity contribution >= 4 is 27.3 Å². The van der Waals surface area contributed by atoms with E-state index in [1.807, 2.05) is 24.3 Å². The number of nitrogens with one attached hydrogen (secondary N) is 2. The Morgan fingerprint density at radius 3 is 2.52 bits per heavy atom. The van der Waals surface area contributed by atoms with Gasteiger partial charge in [0, 0.05) is 25.2 Å². The maximum atomic E-state index is 12.9. The first-order valence-corrected chi connectivity index (χ1v) is 10.7. The monoisotopic (exact) mass is 387 g/mol. The zero-order chi connectivity index (χ0) is 19.4. The van der Waals surface area contributed by atoms with E-state index in [2.05, 4.69) is 14.9 Å². The van der Waals surface area contributed by atoms with Crippen molar-refractivity contribution < 1.29 is 13.2 Å². The molecule has 1 aliphatic heterocycles. The minimum atomic E-state index is -3.62. The lowest BCUT2D eigenvalue weighted by molar-refractivity contribution is 0.102. The van der Waals surface area contributed by atoms with Crippen LogP contribution in [0.15, 0.2) is 47.4 Å². The van der Waals surface area contributed by atoms with Crippen LogP contribution in [-0.4, -0.2) is 34.0 Å². The van der Waals surface area contributed by atoms with E-state index in [9.17, 15) is 13.2 Å². The van der Waals surface area contributed by atoms with E-state index in [4.69, 9.17) is 0 Å². The van der Waals surface area contributed by atoms with Gasteiger partial charge in [0.1, 0.15) is 0 Å². The molecule has 0 radical (unpaired) electrons. The van der Waals surface area contributed by atoms with Gasteiger partial charge in [-0.25, -0.2) is 13.1 Å². The predicted octanol–water partition coefficient (Wildman–Crippen LogP) is 3.15. The van der Waals surface area contributed by atoms with Crippen LogP contribution in [-0.2, 0) is 10.0 Å². The summed E-state index contributed by atoms with van der Waals surface area (Å²) in [6.07, 6.45) is 2.29. The molecule has 0 unspecified atom stereocenters. The van der Waals surface area contributed by atoms with Crippen molar-refractivity contribution in [1.29, 1.82) is 0 Å². The highest BCUT2D eigenvalue weighted by molar-refractivity contribution is 7.89. The maximum Gasteiger partial charge on any atom is 0.256 e. The number of anilines is 2. The minimum absolute atomic E-state index is 0.0907. The van der Waals surface area contributed by atoms with E-state index in [1.165, 1.54) is 12.1 Å². The van der Waals surface area contributed by atoms with Gasteiger partial charge in [0.05, 0.1) is 16.3 Å². The number of benzene rings is 2. The minimum Gasteiger partial charge on any atom is -0.370 e. The summed E-state index contributed by atoms with van der Waals surface area (Å²) in [6.45, 7) is 5.76. The zero-order valence-electron chi connectivity index (χ0n) is 15.7. The van der Waals surface area contributed by atoms with Crippen molar-refractivity contribution in [1.82, 2.24) is 4.72 Å². The molecule has 0 aliphatic carbocycles. The summed E-state index contributed by atoms with van der Waals surface area (Å²) in [5.41, 5.74) is 2.81. The number of nitrogens with zero attached hydrogens (tertiary/aromatic N) is 1. The van der Waals surface area contributed by atoms with Gasteiger partial charge in [0.25, 0.3) is 5.91 Å². The number of rotatable bonds is 6. The van der Waals surface area contributed by atoms with Crippen LogP contribution < -0.4 is 14.9 Å². The van der Waals surface area contributed by atoms with Crippen molar-refractivity contribution in [3.05, 3.63) is 53.6 Å². The Morgan fingerprint density at radius 2 is 1.81 bits per heavy atom. The molecule has 0 aromatic heterocycles. The van der Waals surface area contributed by atoms with E-state index in [0.29, 0.717) is 12.1 Å². The Labute approximate surface area is 160 Å². The quantitative estimate of drug-likeness (QED) is 0.798. The molecule has 0 atom stereocenters. The Kier molecular flexibility index (Phi) is 5.82. The zero-order valence-corrected chi connectivity index (χ0v) is 16.5. The number of carbonyl (C=O) groups excluding carboxylic acids is 1. The first-order chi connectivity index (χ1) is 12.9. The Morgan fingerprint density at radius 1 is 1.11 bits per heavy atom. The van der Waals surface area contributed by atoms with Gasteiger partial charge < -0.3 is 10.2 Å². The molecule has 2 aromatic rings. The molecule has 0 saturated carbocycles. The molecule has 1 fully saturated rings. The van der Waals surface area contributed by atoms with Crippen molar-refractivity contribution in [2.24, 2.45) is 0 Å². The van der Waals surface area contributed by atoms with Crippen molar-refractivity contribution in [3.8, 4) is 0 Å². The third-order valence-electron chi connectivity index (χ3n) is 4.70. The van der Waals surface area contributed by atoms with E-state index in [-0.39, 0.29) is 10.8 Å². The summed E-state index contributed by atoms with van der Waals surface area (Å²) < 4.78 is 27.0. The highest BCUT2D eigenvalue weighted by Crippen LogP contribution is 2.29. The van der Waals surface area contributed by atoms with E-state index < -0.39 is 10.0 Å². The summed E-state index contributed by atoms with van der Waals surface area (Å²) in [5.74, 6) is -0.312. The largest absolute Gasteiger partial charge is 0.370 e. The summed E-state index contributed by atoms with van der Waals surface area (Å²) in [6, 6.07) is 12.3. The van der Waals surface area contributed by atoms with Crippen LogP contribution in [0.5, 0.6) is 0 Å². The molecule has 27 heavy (non-hydrogen) atoms. The molecular formula is C20H25N3O3S. The van der Waals surface area contributed by atoms with Gasteiger partial charge in [0.2, 0.25) is 10.0 Å². The standard InChI is InChI=1S/C20H25N3O3S/c1-3-21-27(25,26)16-11-10-15(2)17(14-16)20(24)22-18-8-4-5-9-19(18)23-12-6-7-13-23/h4-5,8-11,14,21H,3,6-7,12-13H2,1-2H3,(H,22,24). The lowest BCUT2D eigenvalue weighted by Crippen LogP contribution is -2.24. The van der Waals surface area contributed by atoms with Gasteiger partial charge >= 0.3 is 0 Å². The molecule has 7 heteroatoms. The van der Waals surface area contributed by atoms with E-state index >= 15 is 0 Å². The fourth-order valence-corrected chi connectivity index (χ4v) is 4.36. The summed E-state index contributed by atoms with van der Waals surface area (Å²) in [4.78, 5) is 15.2. The third kappa shape index (κ3) is 4.31. The molecule has 2 N–H and O–H groups in total. The molecule has 0 bridgehead atoms. The van der Waals surface area contributed by atoms with Crippen LogP contribution in [0.3, 0.4) is 0 Å². The van der Waals surface area contributed by atoms with Crippen LogP contribution in [0, 0.1) is 6.92 Å². The molecule has 1 heterocycles. The fraction of sp³-hybridized carbons (Fsp3) is 0.350. The van der Waals surface area contributed by atoms with Crippen molar-refractivity contribution in [2.75, 3.05) is 29.9 Å². The van der Waals surface area contributed by atoms with Gasteiger partial charge in [-0.2, -0.15) is 0 Å². The SMILES string of the molecule is CCNS(=O)(=O)c1ccc(C)c(C(=O)Nc2ccccc2N2CCCC2)c1. The maximum absolute atomic E-state index is 12.9. The van der Waals surface area contributed by atoms with Crippen molar-refractivity contribution in [3.63, 3.8) is 0 Å². The average molecular weight is 388 g/mol. The second-order valence-corrected chi connectivity index (χ2v) is 8.41. The smallest absolute Gasteiger partial charge is 0.256 e. The second kappa shape index (κ2) is 8.10. The topological polar surface area (TPSA) is 78.5 Å². The summed E-state index contributed by atoms with van der Waals surface area (Å²) in [7, 11) is -3.62. The molecule has 1 saturated heterocycles. The van der Waals surface area contributed by atoms with Crippen LogP contribution in [0.25, 0.3) is 0 Å². The number of carbonyl (C=O) groups is 1. The molecule has 1 amide bonds. The fourth-order valence-electron chi connectivity index (χ4n) is 3.29. The van der Waals surface area contributed by atoms with Crippen LogP contribution >= 0.6 is 0 Å². The molecule has 3 rings (SSSR count).